The van der Waals surface area contributed by atoms with E-state index < -0.39 is 23.3 Å². The lowest BCUT2D eigenvalue weighted by molar-refractivity contribution is 0.145. The fourth-order valence-electron chi connectivity index (χ4n) is 0.772. The van der Waals surface area contributed by atoms with Gasteiger partial charge >= 0.3 is 13.2 Å². The molecule has 2 N–H and O–H groups in total. The maximum Gasteiger partial charge on any atom is 0.418 e. The van der Waals surface area contributed by atoms with Crippen molar-refractivity contribution in [1.82, 2.24) is 5.32 Å². The molecule has 1 amide bonds. The lowest BCUT2D eigenvalue weighted by Crippen LogP contribution is -2.43. The van der Waals surface area contributed by atoms with Crippen LogP contribution in [0, 0.1) is 0 Å². The van der Waals surface area contributed by atoms with E-state index in [9.17, 15) is 14.5 Å². The van der Waals surface area contributed by atoms with Crippen molar-refractivity contribution in [1.29, 1.82) is 0 Å². The number of nitrogens with one attached hydrogen (secondary N) is 1. The van der Waals surface area contributed by atoms with Crippen LogP contribution in [0.3, 0.4) is 0 Å². The van der Waals surface area contributed by atoms with Crippen molar-refractivity contribution in [3.05, 3.63) is 0 Å². The summed E-state index contributed by atoms with van der Waals surface area (Å²) in [5.41, 5.74) is -1.17. The monoisotopic (exact) mass is 327 g/mol. The third kappa shape index (κ3) is 5.75. The van der Waals surface area contributed by atoms with Crippen LogP contribution in [0.2, 0.25) is 0 Å². The van der Waals surface area contributed by atoms with Crippen molar-refractivity contribution < 1.29 is 23.5 Å². The van der Waals surface area contributed by atoms with Crippen molar-refractivity contribution in [3.63, 3.8) is 0 Å². The first-order valence-electron chi connectivity index (χ1n) is 4.62. The minimum absolute atomic E-state index is 0.00540. The molecule has 0 aliphatic carbocycles. The Morgan fingerprint density at radius 1 is 1.35 bits per heavy atom. The highest BCUT2D eigenvalue weighted by molar-refractivity contribution is 7.71. The van der Waals surface area contributed by atoms with Gasteiger partial charge in [0.1, 0.15) is 0 Å². The van der Waals surface area contributed by atoms with Gasteiger partial charge < -0.3 is 19.5 Å². The predicted octanol–water partition coefficient (Wildman–Crippen LogP) is 2.65. The van der Waals surface area contributed by atoms with E-state index in [1.54, 1.807) is 0 Å². The molecule has 0 aromatic heterocycles. The zero-order chi connectivity index (χ0) is 13.7. The maximum atomic E-state index is 11.9. The molecule has 1 unspecified atom stereocenters. The highest BCUT2D eigenvalue weighted by Crippen LogP contribution is 2.49. The Kier molecular flexibility index (Phi) is 7.33. The van der Waals surface area contributed by atoms with Gasteiger partial charge in [-0.25, -0.2) is 4.57 Å². The summed E-state index contributed by atoms with van der Waals surface area (Å²) in [6.07, 6.45) is -1.82. The minimum Gasteiger partial charge on any atom is -0.369 e. The number of aliphatic hydroxyl groups excluding tert-OH is 1. The smallest absolute Gasteiger partial charge is 0.369 e. The van der Waals surface area contributed by atoms with Gasteiger partial charge in [-0.3, -0.25) is 4.79 Å². The van der Waals surface area contributed by atoms with Gasteiger partial charge in [-0.2, -0.15) is 0 Å². The number of carbonyl (C=O) groups excluding carboxylic acids is 1. The fraction of sp³-hybridized carbons (Fsp3) is 0.857. The summed E-state index contributed by atoms with van der Waals surface area (Å²) in [6, 6.07) is 0. The van der Waals surface area contributed by atoms with Crippen molar-refractivity contribution in [2.75, 3.05) is 13.2 Å². The van der Waals surface area contributed by atoms with Crippen molar-refractivity contribution in [2.24, 2.45) is 0 Å². The first-order chi connectivity index (χ1) is 7.67. The van der Waals surface area contributed by atoms with Gasteiger partial charge in [0, 0.05) is 0 Å². The molecule has 0 bridgehead atoms. The maximum absolute atomic E-state index is 11.9. The van der Waals surface area contributed by atoms with E-state index in [0.29, 0.717) is 0 Å². The number of amides is 1. The summed E-state index contributed by atoms with van der Waals surface area (Å²) >= 11 is 16.0. The molecule has 0 aromatic carbocycles. The van der Waals surface area contributed by atoms with Crippen LogP contribution in [0.1, 0.15) is 13.8 Å². The van der Waals surface area contributed by atoms with Crippen LogP contribution in [0.4, 0.5) is 4.79 Å². The number of hydrogen-bond donors (Lipinski definition) is 2. The van der Waals surface area contributed by atoms with Gasteiger partial charge in [-0.05, 0) is 13.8 Å². The molecule has 6 nitrogen and oxygen atoms in total. The summed E-state index contributed by atoms with van der Waals surface area (Å²) in [7, 11) is -4.02. The molecule has 0 radical (unpaired) electrons. The quantitative estimate of drug-likeness (QED) is 0.445. The van der Waals surface area contributed by atoms with Crippen molar-refractivity contribution in [2.45, 2.75) is 23.9 Å². The number of halogens is 3. The number of aliphatic hydroxyl groups is 1. The summed E-state index contributed by atoms with van der Waals surface area (Å²) in [6.45, 7) is 3.05. The second kappa shape index (κ2) is 7.14. The van der Waals surface area contributed by atoms with Crippen molar-refractivity contribution in [3.8, 4) is 0 Å². The first-order valence-corrected chi connectivity index (χ1v) is 7.30. The number of carbonyl (C=O) groups is 1. The largest absolute Gasteiger partial charge is 0.418 e. The minimum atomic E-state index is -4.02. The Hall–Kier alpha value is 0.450. The Bertz CT molecular complexity index is 298. The Labute approximate surface area is 114 Å². The van der Waals surface area contributed by atoms with E-state index in [4.69, 9.17) is 43.9 Å². The van der Waals surface area contributed by atoms with E-state index in [2.05, 4.69) is 0 Å². The average Bonchev–Trinajstić information content (AvgIpc) is 2.16. The zero-order valence-electron chi connectivity index (χ0n) is 9.15. The summed E-state index contributed by atoms with van der Waals surface area (Å²) in [5.74, 6) is 0. The molecular formula is C7H13Cl3NO5P. The van der Waals surface area contributed by atoms with Crippen molar-refractivity contribution >= 4 is 48.0 Å². The van der Waals surface area contributed by atoms with Crippen LogP contribution in [-0.2, 0) is 13.6 Å². The predicted molar refractivity (Wildman–Crippen MR) is 65.7 cm³/mol. The third-order valence-electron chi connectivity index (χ3n) is 1.42. The molecule has 0 saturated heterocycles. The SMILES string of the molecule is CCOP(=O)(OCC)C(=O)NC(O)C(Cl)(Cl)Cl. The van der Waals surface area contributed by atoms with Crippen LogP contribution in [0.25, 0.3) is 0 Å². The molecule has 0 aliphatic rings. The molecule has 10 heteroatoms. The van der Waals surface area contributed by atoms with Crippen LogP contribution in [-0.4, -0.2) is 34.0 Å². The summed E-state index contributed by atoms with van der Waals surface area (Å²) < 4.78 is 19.2. The standard InChI is InChI=1S/C7H13Cl3NO5P/c1-3-15-17(14,16-4-2)6(13)11-5(12)7(8,9)10/h5,12H,3-4H2,1-2H3,(H,11,13). The van der Waals surface area contributed by atoms with E-state index >= 15 is 0 Å². The fourth-order valence-corrected chi connectivity index (χ4v) is 2.21. The highest BCUT2D eigenvalue weighted by atomic mass is 35.6. The molecular weight excluding hydrogens is 315 g/mol. The summed E-state index contributed by atoms with van der Waals surface area (Å²) in [4.78, 5) is 11.5. The second-order valence-electron chi connectivity index (χ2n) is 2.73. The normalized spacial score (nSPS) is 14.5. The summed E-state index contributed by atoms with van der Waals surface area (Å²) in [5, 5.41) is 11.1. The van der Waals surface area contributed by atoms with Crippen LogP contribution >= 0.6 is 42.4 Å². The molecule has 102 valence electrons. The molecule has 1 atom stereocenters. The van der Waals surface area contributed by atoms with E-state index in [1.807, 2.05) is 5.32 Å². The average molecular weight is 329 g/mol. The molecule has 0 rings (SSSR count). The van der Waals surface area contributed by atoms with Gasteiger partial charge in [0.25, 0.3) is 0 Å². The zero-order valence-corrected chi connectivity index (χ0v) is 12.3. The number of hydrogen-bond acceptors (Lipinski definition) is 5. The Morgan fingerprint density at radius 2 is 1.76 bits per heavy atom. The molecule has 17 heavy (non-hydrogen) atoms. The molecule has 0 fully saturated rings. The van der Waals surface area contributed by atoms with Gasteiger partial charge in [-0.1, -0.05) is 34.8 Å². The Balaban J connectivity index is 4.71. The second-order valence-corrected chi connectivity index (χ2v) is 7.01. The molecule has 0 saturated carbocycles. The number of rotatable bonds is 6. The van der Waals surface area contributed by atoms with E-state index in [1.165, 1.54) is 13.8 Å². The number of alkyl halides is 3. The molecule has 0 aromatic rings. The lowest BCUT2D eigenvalue weighted by Gasteiger charge is -2.22. The third-order valence-corrected chi connectivity index (χ3v) is 3.86. The molecule has 0 spiro atoms. The Morgan fingerprint density at radius 3 is 2.06 bits per heavy atom. The highest BCUT2D eigenvalue weighted by Gasteiger charge is 2.40. The van der Waals surface area contributed by atoms with E-state index in [0.717, 1.165) is 0 Å². The molecule has 0 heterocycles. The van der Waals surface area contributed by atoms with Crippen LogP contribution < -0.4 is 5.32 Å². The van der Waals surface area contributed by atoms with Gasteiger partial charge in [-0.15, -0.1) is 0 Å². The molecule has 0 aliphatic heterocycles. The van der Waals surface area contributed by atoms with Gasteiger partial charge in [0.15, 0.2) is 6.23 Å². The van der Waals surface area contributed by atoms with Gasteiger partial charge in [0.05, 0.1) is 13.2 Å². The van der Waals surface area contributed by atoms with Gasteiger partial charge in [0.2, 0.25) is 3.79 Å². The van der Waals surface area contributed by atoms with Crippen LogP contribution in [0.15, 0.2) is 0 Å². The van der Waals surface area contributed by atoms with E-state index in [-0.39, 0.29) is 13.2 Å². The van der Waals surface area contributed by atoms with Crippen LogP contribution in [0.5, 0.6) is 0 Å². The lowest BCUT2D eigenvalue weighted by atomic mass is 10.6. The topological polar surface area (TPSA) is 84.9 Å². The first kappa shape index (κ1) is 17.4.